The summed E-state index contributed by atoms with van der Waals surface area (Å²) >= 11 is 5.83. The molecule has 0 aliphatic carbocycles. The monoisotopic (exact) mass is 597 g/mol. The SMILES string of the molecule is CP(C)(=O)OCn1nc(Cn2cnc(C(F)(F)F)c(Oc3cc(Cl)cc(C#N)c3)c2=O)cc(C(F)(F)F)c1=O. The molecule has 0 bridgehead atoms. The largest absolute Gasteiger partial charge is 0.449 e. The summed E-state index contributed by atoms with van der Waals surface area (Å²) in [5.41, 5.74) is -7.30. The summed E-state index contributed by atoms with van der Waals surface area (Å²) in [7, 11) is -3.27. The lowest BCUT2D eigenvalue weighted by atomic mass is 10.2. The van der Waals surface area contributed by atoms with Crippen LogP contribution in [-0.4, -0.2) is 32.7 Å². The molecular formula is C21H15ClF6N5O5P. The number of benzene rings is 1. The third-order valence-electron chi connectivity index (χ3n) is 4.64. The molecule has 10 nitrogen and oxygen atoms in total. The quantitative estimate of drug-likeness (QED) is 0.283. The average Bonchev–Trinajstić information content (AvgIpc) is 2.79. The van der Waals surface area contributed by atoms with Crippen molar-refractivity contribution in [3.63, 3.8) is 0 Å². The van der Waals surface area contributed by atoms with Gasteiger partial charge in [-0.1, -0.05) is 11.6 Å². The summed E-state index contributed by atoms with van der Waals surface area (Å²) < 4.78 is 104. The normalized spacial score (nSPS) is 12.3. The summed E-state index contributed by atoms with van der Waals surface area (Å²) in [6, 6.07) is 5.20. The van der Waals surface area contributed by atoms with Crippen LogP contribution in [0.4, 0.5) is 26.3 Å². The Morgan fingerprint density at radius 3 is 2.28 bits per heavy atom. The van der Waals surface area contributed by atoms with E-state index in [0.29, 0.717) is 17.0 Å². The van der Waals surface area contributed by atoms with E-state index >= 15 is 0 Å². The first kappa shape index (κ1) is 29.9. The number of hydrogen-bond donors (Lipinski definition) is 0. The van der Waals surface area contributed by atoms with E-state index in [1.165, 1.54) is 6.07 Å². The van der Waals surface area contributed by atoms with E-state index in [-0.39, 0.29) is 15.3 Å². The molecule has 0 spiro atoms. The molecule has 0 radical (unpaired) electrons. The van der Waals surface area contributed by atoms with Gasteiger partial charge in [0.05, 0.1) is 30.2 Å². The maximum absolute atomic E-state index is 13.6. The molecule has 0 saturated carbocycles. The highest BCUT2D eigenvalue weighted by Gasteiger charge is 2.39. The van der Waals surface area contributed by atoms with Crippen molar-refractivity contribution in [1.29, 1.82) is 5.26 Å². The van der Waals surface area contributed by atoms with Gasteiger partial charge in [-0.3, -0.25) is 18.7 Å². The molecule has 2 heterocycles. The number of hydrogen-bond acceptors (Lipinski definition) is 8. The molecule has 0 N–H and O–H groups in total. The van der Waals surface area contributed by atoms with Crippen LogP contribution < -0.4 is 15.9 Å². The highest BCUT2D eigenvalue weighted by Crippen LogP contribution is 2.37. The van der Waals surface area contributed by atoms with Gasteiger partial charge in [0.2, 0.25) is 5.75 Å². The fraction of sp³-hybridized carbons (Fsp3) is 0.286. The predicted molar refractivity (Wildman–Crippen MR) is 123 cm³/mol. The highest BCUT2D eigenvalue weighted by atomic mass is 35.5. The topological polar surface area (TPSA) is 129 Å². The molecule has 0 unspecified atom stereocenters. The molecule has 0 amide bonds. The van der Waals surface area contributed by atoms with Crippen LogP contribution in [0.25, 0.3) is 0 Å². The van der Waals surface area contributed by atoms with Gasteiger partial charge in [0, 0.05) is 18.4 Å². The summed E-state index contributed by atoms with van der Waals surface area (Å²) in [6.45, 7) is 0.450. The number of nitrogens with zero attached hydrogens (tertiary/aromatic N) is 5. The number of aromatic nitrogens is 4. The van der Waals surface area contributed by atoms with E-state index < -0.39 is 72.6 Å². The van der Waals surface area contributed by atoms with E-state index in [4.69, 9.17) is 26.1 Å². The Morgan fingerprint density at radius 2 is 1.72 bits per heavy atom. The van der Waals surface area contributed by atoms with Crippen LogP contribution in [0.2, 0.25) is 5.02 Å². The molecular weight excluding hydrogens is 583 g/mol. The van der Waals surface area contributed by atoms with Crippen molar-refractivity contribution in [2.45, 2.75) is 25.6 Å². The van der Waals surface area contributed by atoms with Gasteiger partial charge >= 0.3 is 12.4 Å². The maximum atomic E-state index is 13.6. The number of nitriles is 1. The summed E-state index contributed by atoms with van der Waals surface area (Å²) in [6.07, 6.45) is -9.96. The second kappa shape index (κ2) is 10.8. The van der Waals surface area contributed by atoms with Gasteiger partial charge in [0.1, 0.15) is 18.0 Å². The van der Waals surface area contributed by atoms with E-state index in [1.807, 2.05) is 0 Å². The van der Waals surface area contributed by atoms with Crippen LogP contribution in [0.15, 0.2) is 40.2 Å². The zero-order valence-electron chi connectivity index (χ0n) is 19.7. The molecule has 0 aliphatic rings. The minimum atomic E-state index is -5.19. The Kier molecular flexibility index (Phi) is 8.30. The molecule has 3 aromatic rings. The Morgan fingerprint density at radius 1 is 1.05 bits per heavy atom. The number of halogens is 7. The second-order valence-corrected chi connectivity index (χ2v) is 11.3. The fourth-order valence-electron chi connectivity index (χ4n) is 3.01. The van der Waals surface area contributed by atoms with Gasteiger partial charge in [-0.2, -0.15) is 36.7 Å². The predicted octanol–water partition coefficient (Wildman–Crippen LogP) is 4.72. The molecule has 0 atom stereocenters. The average molecular weight is 598 g/mol. The van der Waals surface area contributed by atoms with Crippen LogP contribution >= 0.6 is 19.0 Å². The number of ether oxygens (including phenoxy) is 1. The number of rotatable bonds is 7. The molecule has 0 aliphatic heterocycles. The zero-order chi connectivity index (χ0) is 29.3. The van der Waals surface area contributed by atoms with Crippen LogP contribution in [0, 0.1) is 11.3 Å². The van der Waals surface area contributed by atoms with E-state index in [1.54, 1.807) is 6.07 Å². The maximum Gasteiger partial charge on any atom is 0.437 e. The zero-order valence-corrected chi connectivity index (χ0v) is 21.3. The van der Waals surface area contributed by atoms with Crippen molar-refractivity contribution >= 4 is 19.0 Å². The summed E-state index contributed by atoms with van der Waals surface area (Å²) in [5, 5.41) is 12.6. The van der Waals surface area contributed by atoms with Crippen molar-refractivity contribution < 1.29 is 40.2 Å². The van der Waals surface area contributed by atoms with E-state index in [9.17, 15) is 40.5 Å². The Hall–Kier alpha value is -3.67. The van der Waals surface area contributed by atoms with Crippen LogP contribution in [0.1, 0.15) is 22.5 Å². The molecule has 208 valence electrons. The van der Waals surface area contributed by atoms with Crippen molar-refractivity contribution in [2.24, 2.45) is 0 Å². The lowest BCUT2D eigenvalue weighted by Gasteiger charge is -2.16. The van der Waals surface area contributed by atoms with Crippen molar-refractivity contribution in [3.05, 3.63) is 78.8 Å². The van der Waals surface area contributed by atoms with Gasteiger partial charge in [-0.15, -0.1) is 0 Å². The Labute approximate surface area is 219 Å². The Bertz CT molecular complexity index is 1620. The second-order valence-electron chi connectivity index (χ2n) is 8.10. The summed E-state index contributed by atoms with van der Waals surface area (Å²) in [4.78, 5) is 28.4. The molecule has 2 aromatic heterocycles. The van der Waals surface area contributed by atoms with Gasteiger partial charge in [0.15, 0.2) is 13.1 Å². The molecule has 0 saturated heterocycles. The molecule has 0 fully saturated rings. The fourth-order valence-corrected chi connectivity index (χ4v) is 3.63. The van der Waals surface area contributed by atoms with E-state index in [2.05, 4.69) is 10.1 Å². The summed E-state index contributed by atoms with van der Waals surface area (Å²) in [5.74, 6) is -1.78. The Balaban J connectivity index is 2.14. The third kappa shape index (κ3) is 7.47. The van der Waals surface area contributed by atoms with E-state index in [0.717, 1.165) is 25.5 Å². The van der Waals surface area contributed by atoms with Gasteiger partial charge in [0.25, 0.3) is 11.1 Å². The van der Waals surface area contributed by atoms with Crippen LogP contribution in [0.5, 0.6) is 11.5 Å². The minimum absolute atomic E-state index is 0.0983. The first-order valence-corrected chi connectivity index (χ1v) is 13.2. The van der Waals surface area contributed by atoms with Crippen molar-refractivity contribution in [2.75, 3.05) is 13.3 Å². The molecule has 1 aromatic carbocycles. The third-order valence-corrected chi connectivity index (χ3v) is 5.59. The molecule has 18 heteroatoms. The standard InChI is InChI=1S/C21H15ClF6N5O5P/c1-39(2,36)37-10-33-18(34)15(20(23,24)25)6-13(31-33)8-32-9-30-17(21(26,27)28)16(19(32)35)38-14-4-11(7-29)3-12(22)5-14/h3-6,9H,8,10H2,1-2H3. The smallest absolute Gasteiger partial charge is 0.437 e. The van der Waals surface area contributed by atoms with Crippen molar-refractivity contribution in [3.8, 4) is 17.6 Å². The van der Waals surface area contributed by atoms with Gasteiger partial charge in [-0.05, 0) is 24.3 Å². The molecule has 39 heavy (non-hydrogen) atoms. The minimum Gasteiger partial charge on any atom is -0.449 e. The highest BCUT2D eigenvalue weighted by molar-refractivity contribution is 7.57. The van der Waals surface area contributed by atoms with Gasteiger partial charge < -0.3 is 9.26 Å². The van der Waals surface area contributed by atoms with Crippen LogP contribution in [0.3, 0.4) is 0 Å². The van der Waals surface area contributed by atoms with Gasteiger partial charge in [-0.25, -0.2) is 9.67 Å². The first-order valence-electron chi connectivity index (χ1n) is 10.3. The van der Waals surface area contributed by atoms with Crippen molar-refractivity contribution in [1.82, 2.24) is 19.3 Å². The number of alkyl halides is 6. The van der Waals surface area contributed by atoms with Crippen LogP contribution in [-0.2, 0) is 34.7 Å². The lowest BCUT2D eigenvalue weighted by Crippen LogP contribution is -2.33. The first-order chi connectivity index (χ1) is 17.9. The molecule has 3 rings (SSSR count). The lowest BCUT2D eigenvalue weighted by molar-refractivity contribution is -0.142.